The van der Waals surface area contributed by atoms with Gasteiger partial charge in [0.25, 0.3) is 12.3 Å². The molecule has 1 aromatic rings. The molecule has 1 fully saturated rings. The van der Waals surface area contributed by atoms with E-state index in [0.717, 1.165) is 4.90 Å². The minimum absolute atomic E-state index is 0.00834. The highest BCUT2D eigenvalue weighted by atomic mass is 35.5. The molecule has 1 heterocycles. The van der Waals surface area contributed by atoms with Crippen LogP contribution in [-0.4, -0.2) is 42.9 Å². The van der Waals surface area contributed by atoms with Crippen molar-refractivity contribution in [3.05, 3.63) is 34.6 Å². The van der Waals surface area contributed by atoms with Gasteiger partial charge in [-0.05, 0) is 12.1 Å². The Labute approximate surface area is 113 Å². The van der Waals surface area contributed by atoms with Crippen molar-refractivity contribution in [2.75, 3.05) is 19.6 Å². The molecule has 104 valence electrons. The van der Waals surface area contributed by atoms with Gasteiger partial charge in [-0.3, -0.25) is 4.79 Å². The Bertz CT molecular complexity index is 484. The molecule has 1 N–H and O–H groups in total. The maximum atomic E-state index is 13.8. The molecule has 19 heavy (non-hydrogen) atoms. The number of carbonyl (C=O) groups excluding carboxylic acids is 1. The van der Waals surface area contributed by atoms with Crippen LogP contribution in [0.1, 0.15) is 10.4 Å². The van der Waals surface area contributed by atoms with Crippen molar-refractivity contribution < 1.29 is 18.0 Å². The molecular formula is C12H12ClF3N2O. The van der Waals surface area contributed by atoms with E-state index in [2.05, 4.69) is 5.32 Å². The second-order valence-corrected chi connectivity index (χ2v) is 4.61. The van der Waals surface area contributed by atoms with E-state index in [9.17, 15) is 18.0 Å². The number of nitrogens with zero attached hydrogens (tertiary/aromatic N) is 1. The molecular weight excluding hydrogens is 281 g/mol. The number of benzene rings is 1. The minimum Gasteiger partial charge on any atom is -0.327 e. The first-order valence-electron chi connectivity index (χ1n) is 5.76. The molecule has 2 rings (SSSR count). The topological polar surface area (TPSA) is 32.3 Å². The number of rotatable bonds is 2. The van der Waals surface area contributed by atoms with Crippen LogP contribution in [0.5, 0.6) is 0 Å². The Morgan fingerprint density at radius 2 is 2.21 bits per heavy atom. The third-order valence-electron chi connectivity index (χ3n) is 3.02. The van der Waals surface area contributed by atoms with Crippen LogP contribution in [-0.2, 0) is 0 Å². The first-order valence-corrected chi connectivity index (χ1v) is 6.14. The maximum absolute atomic E-state index is 13.8. The predicted molar refractivity (Wildman–Crippen MR) is 65.1 cm³/mol. The van der Waals surface area contributed by atoms with Crippen molar-refractivity contribution in [1.82, 2.24) is 10.2 Å². The summed E-state index contributed by atoms with van der Waals surface area (Å²) in [6, 6.07) is 2.71. The van der Waals surface area contributed by atoms with Gasteiger partial charge in [0.05, 0.1) is 10.6 Å². The fourth-order valence-corrected chi connectivity index (χ4v) is 2.20. The highest BCUT2D eigenvalue weighted by Gasteiger charge is 2.34. The number of amides is 1. The van der Waals surface area contributed by atoms with E-state index in [1.807, 2.05) is 0 Å². The van der Waals surface area contributed by atoms with Gasteiger partial charge in [-0.25, -0.2) is 13.2 Å². The van der Waals surface area contributed by atoms with Crippen LogP contribution < -0.4 is 5.32 Å². The van der Waals surface area contributed by atoms with Crippen molar-refractivity contribution in [2.24, 2.45) is 0 Å². The normalized spacial score (nSPS) is 19.8. The number of halogens is 4. The minimum atomic E-state index is -2.68. The fraction of sp³-hybridized carbons (Fsp3) is 0.417. The van der Waals surface area contributed by atoms with Crippen molar-refractivity contribution >= 4 is 17.5 Å². The van der Waals surface area contributed by atoms with Crippen LogP contribution in [0.3, 0.4) is 0 Å². The van der Waals surface area contributed by atoms with Gasteiger partial charge < -0.3 is 10.2 Å². The molecule has 1 amide bonds. The standard InChI is InChI=1S/C12H12ClF3N2O/c13-8-3-1-2-7(10(8)14)12(19)18-5-4-17-6-9(18)11(15)16/h1-3,9,11,17H,4-6H2. The van der Waals surface area contributed by atoms with Gasteiger partial charge in [0.1, 0.15) is 6.04 Å². The van der Waals surface area contributed by atoms with Gasteiger partial charge in [0, 0.05) is 19.6 Å². The number of carbonyl (C=O) groups is 1. The van der Waals surface area contributed by atoms with Crippen LogP contribution >= 0.6 is 11.6 Å². The van der Waals surface area contributed by atoms with E-state index in [-0.39, 0.29) is 23.7 Å². The molecule has 1 saturated heterocycles. The van der Waals surface area contributed by atoms with E-state index in [0.29, 0.717) is 6.54 Å². The van der Waals surface area contributed by atoms with E-state index in [1.165, 1.54) is 18.2 Å². The summed E-state index contributed by atoms with van der Waals surface area (Å²) < 4.78 is 39.5. The smallest absolute Gasteiger partial charge is 0.259 e. The van der Waals surface area contributed by atoms with Crippen molar-refractivity contribution in [3.63, 3.8) is 0 Å². The maximum Gasteiger partial charge on any atom is 0.259 e. The van der Waals surface area contributed by atoms with E-state index < -0.39 is 24.2 Å². The molecule has 0 saturated carbocycles. The lowest BCUT2D eigenvalue weighted by atomic mass is 10.1. The summed E-state index contributed by atoms with van der Waals surface area (Å²) in [6.07, 6.45) is -2.68. The molecule has 1 unspecified atom stereocenters. The molecule has 0 aromatic heterocycles. The molecule has 0 bridgehead atoms. The summed E-state index contributed by atoms with van der Waals surface area (Å²) in [6.45, 7) is 0.503. The average molecular weight is 293 g/mol. The van der Waals surface area contributed by atoms with E-state index in [4.69, 9.17) is 11.6 Å². The fourth-order valence-electron chi connectivity index (χ4n) is 2.03. The quantitative estimate of drug-likeness (QED) is 0.906. The SMILES string of the molecule is O=C(c1cccc(Cl)c1F)N1CCNCC1C(F)F. The molecule has 1 aromatic carbocycles. The van der Waals surface area contributed by atoms with Gasteiger partial charge in [0.15, 0.2) is 5.82 Å². The number of hydrogen-bond acceptors (Lipinski definition) is 2. The van der Waals surface area contributed by atoms with Crippen LogP contribution in [0.25, 0.3) is 0 Å². The Kier molecular flexibility index (Phi) is 4.31. The summed E-state index contributed by atoms with van der Waals surface area (Å²) in [4.78, 5) is 13.1. The number of hydrogen-bond donors (Lipinski definition) is 1. The molecule has 7 heteroatoms. The molecule has 0 spiro atoms. The number of alkyl halides is 2. The predicted octanol–water partition coefficient (Wildman–Crippen LogP) is 2.16. The Morgan fingerprint density at radius 3 is 2.89 bits per heavy atom. The zero-order chi connectivity index (χ0) is 14.0. The van der Waals surface area contributed by atoms with Crippen LogP contribution in [0.4, 0.5) is 13.2 Å². The largest absolute Gasteiger partial charge is 0.327 e. The van der Waals surface area contributed by atoms with Crippen LogP contribution in [0.15, 0.2) is 18.2 Å². The number of nitrogens with one attached hydrogen (secondary N) is 1. The number of piperazine rings is 1. The lowest BCUT2D eigenvalue weighted by Gasteiger charge is -2.35. The molecule has 0 radical (unpaired) electrons. The van der Waals surface area contributed by atoms with E-state index >= 15 is 0 Å². The van der Waals surface area contributed by atoms with Gasteiger partial charge in [-0.1, -0.05) is 17.7 Å². The monoisotopic (exact) mass is 292 g/mol. The lowest BCUT2D eigenvalue weighted by Crippen LogP contribution is -2.56. The molecule has 1 aliphatic heterocycles. The average Bonchev–Trinajstić information content (AvgIpc) is 2.41. The van der Waals surface area contributed by atoms with Gasteiger partial charge in [0.2, 0.25) is 0 Å². The van der Waals surface area contributed by atoms with Crippen molar-refractivity contribution in [1.29, 1.82) is 0 Å². The van der Waals surface area contributed by atoms with Crippen molar-refractivity contribution in [3.8, 4) is 0 Å². The Morgan fingerprint density at radius 1 is 1.47 bits per heavy atom. The summed E-state index contributed by atoms with van der Waals surface area (Å²) in [5.41, 5.74) is -0.278. The second-order valence-electron chi connectivity index (χ2n) is 4.21. The summed E-state index contributed by atoms with van der Waals surface area (Å²) in [5, 5.41) is 2.59. The second kappa shape index (κ2) is 5.79. The van der Waals surface area contributed by atoms with Crippen molar-refractivity contribution in [2.45, 2.75) is 12.5 Å². The zero-order valence-electron chi connectivity index (χ0n) is 9.88. The molecule has 1 atom stereocenters. The first kappa shape index (κ1) is 14.1. The van der Waals surface area contributed by atoms with Gasteiger partial charge in [-0.15, -0.1) is 0 Å². The molecule has 1 aliphatic rings. The Balaban J connectivity index is 2.29. The van der Waals surface area contributed by atoms with Crippen LogP contribution in [0, 0.1) is 5.82 Å². The third kappa shape index (κ3) is 2.84. The summed E-state index contributed by atoms with van der Waals surface area (Å²) >= 11 is 5.59. The van der Waals surface area contributed by atoms with Gasteiger partial charge >= 0.3 is 0 Å². The van der Waals surface area contributed by atoms with Gasteiger partial charge in [-0.2, -0.15) is 0 Å². The first-order chi connectivity index (χ1) is 9.02. The highest BCUT2D eigenvalue weighted by Crippen LogP contribution is 2.22. The Hall–Kier alpha value is -1.27. The molecule has 0 aliphatic carbocycles. The summed E-state index contributed by atoms with van der Waals surface area (Å²) in [7, 11) is 0. The van der Waals surface area contributed by atoms with E-state index in [1.54, 1.807) is 0 Å². The summed E-state index contributed by atoms with van der Waals surface area (Å²) in [5.74, 6) is -1.63. The third-order valence-corrected chi connectivity index (χ3v) is 3.31. The highest BCUT2D eigenvalue weighted by molar-refractivity contribution is 6.31. The lowest BCUT2D eigenvalue weighted by molar-refractivity contribution is 0.0124. The zero-order valence-corrected chi connectivity index (χ0v) is 10.6. The van der Waals surface area contributed by atoms with Crippen LogP contribution in [0.2, 0.25) is 5.02 Å². The molecule has 3 nitrogen and oxygen atoms in total.